The van der Waals surface area contributed by atoms with Crippen molar-refractivity contribution in [1.82, 2.24) is 14.9 Å². The Labute approximate surface area is 170 Å². The van der Waals surface area contributed by atoms with Crippen LogP contribution in [0.3, 0.4) is 0 Å². The molecule has 0 radical (unpaired) electrons. The molecule has 1 aliphatic rings. The van der Waals surface area contributed by atoms with Gasteiger partial charge in [0, 0.05) is 50.3 Å². The molecule has 6 nitrogen and oxygen atoms in total. The Morgan fingerprint density at radius 3 is 2.60 bits per heavy atom. The molecule has 2 rings (SSSR count). The van der Waals surface area contributed by atoms with Crippen molar-refractivity contribution in [3.8, 4) is 0 Å². The monoisotopic (exact) mass is 502 g/mol. The summed E-state index contributed by atoms with van der Waals surface area (Å²) in [6.07, 6.45) is 0. The van der Waals surface area contributed by atoms with Gasteiger partial charge in [0.2, 0.25) is 10.0 Å². The largest absolute Gasteiger partial charge is 0.355 e. The number of thioether (sulfide) groups is 1. The predicted molar refractivity (Wildman–Crippen MR) is 113 cm³/mol. The molecule has 25 heavy (non-hydrogen) atoms. The Balaban J connectivity index is 0.00000312. The number of sulfonamides is 1. The summed E-state index contributed by atoms with van der Waals surface area (Å²) in [5.41, 5.74) is 0.527. The zero-order valence-electron chi connectivity index (χ0n) is 14.1. The van der Waals surface area contributed by atoms with Crippen LogP contribution in [-0.4, -0.2) is 62.6 Å². The average molecular weight is 502 g/mol. The molecule has 142 valence electrons. The van der Waals surface area contributed by atoms with Crippen LogP contribution in [0.4, 0.5) is 4.39 Å². The van der Waals surface area contributed by atoms with E-state index in [0.717, 1.165) is 11.5 Å². The van der Waals surface area contributed by atoms with Crippen LogP contribution in [-0.2, 0) is 16.6 Å². The van der Waals surface area contributed by atoms with E-state index >= 15 is 0 Å². The Hall–Kier alpha value is -0.590. The fraction of sp³-hybridized carbons (Fsp3) is 0.533. The second-order valence-corrected chi connectivity index (χ2v) is 8.58. The van der Waals surface area contributed by atoms with E-state index < -0.39 is 10.0 Å². The standard InChI is InChI=1S/C15H23FN4O2S2.HI/c1-17-15(19-12-13-4-2-3-5-14(13)16)18-6-11-24(21,22)20-7-9-23-10-8-20;/h2-5H,6-12H2,1H3,(H2,17,18,19);1H. The summed E-state index contributed by atoms with van der Waals surface area (Å²) in [6, 6.07) is 6.49. The Kier molecular flexibility index (Phi) is 10.1. The molecular formula is C15H24FIN4O2S2. The molecule has 1 saturated heterocycles. The van der Waals surface area contributed by atoms with Crippen LogP contribution < -0.4 is 10.6 Å². The lowest BCUT2D eigenvalue weighted by molar-refractivity contribution is 0.443. The summed E-state index contributed by atoms with van der Waals surface area (Å²) in [6.45, 7) is 1.69. The summed E-state index contributed by atoms with van der Waals surface area (Å²) < 4.78 is 39.6. The third kappa shape index (κ3) is 7.27. The van der Waals surface area contributed by atoms with Gasteiger partial charge in [0.25, 0.3) is 0 Å². The fourth-order valence-corrected chi connectivity index (χ4v) is 4.78. The van der Waals surface area contributed by atoms with Gasteiger partial charge >= 0.3 is 0 Å². The molecule has 0 atom stereocenters. The Morgan fingerprint density at radius 2 is 1.96 bits per heavy atom. The van der Waals surface area contributed by atoms with Gasteiger partial charge in [-0.2, -0.15) is 11.8 Å². The smallest absolute Gasteiger partial charge is 0.215 e. The lowest BCUT2D eigenvalue weighted by atomic mass is 10.2. The van der Waals surface area contributed by atoms with Gasteiger partial charge < -0.3 is 10.6 Å². The molecule has 0 aliphatic carbocycles. The first-order valence-corrected chi connectivity index (χ1v) is 10.5. The highest BCUT2D eigenvalue weighted by Gasteiger charge is 2.23. The van der Waals surface area contributed by atoms with Gasteiger partial charge in [0.1, 0.15) is 5.82 Å². The maximum atomic E-state index is 13.6. The molecule has 0 saturated carbocycles. The molecule has 0 spiro atoms. The zero-order valence-corrected chi connectivity index (χ0v) is 18.0. The van der Waals surface area contributed by atoms with E-state index in [9.17, 15) is 12.8 Å². The first-order valence-electron chi connectivity index (χ1n) is 7.76. The fourth-order valence-electron chi connectivity index (χ4n) is 2.29. The van der Waals surface area contributed by atoms with Crippen molar-refractivity contribution in [3.63, 3.8) is 0 Å². The highest BCUT2D eigenvalue weighted by atomic mass is 127. The highest BCUT2D eigenvalue weighted by molar-refractivity contribution is 14.0. The Bertz CT molecular complexity index is 667. The number of hydrogen-bond acceptors (Lipinski definition) is 4. The number of aliphatic imine (C=N–C) groups is 1. The van der Waals surface area contributed by atoms with Gasteiger partial charge in [-0.3, -0.25) is 4.99 Å². The number of hydrogen-bond donors (Lipinski definition) is 2. The number of nitrogens with one attached hydrogen (secondary N) is 2. The molecule has 0 amide bonds. The zero-order chi connectivity index (χ0) is 17.4. The molecule has 0 aromatic heterocycles. The van der Waals surface area contributed by atoms with Crippen molar-refractivity contribution >= 4 is 51.7 Å². The molecule has 1 aromatic rings. The van der Waals surface area contributed by atoms with Crippen LogP contribution in [0, 0.1) is 5.82 Å². The summed E-state index contributed by atoms with van der Waals surface area (Å²) in [5, 5.41) is 5.94. The van der Waals surface area contributed by atoms with E-state index in [4.69, 9.17) is 0 Å². The van der Waals surface area contributed by atoms with Gasteiger partial charge in [-0.15, -0.1) is 24.0 Å². The highest BCUT2D eigenvalue weighted by Crippen LogP contribution is 2.13. The van der Waals surface area contributed by atoms with E-state index in [0.29, 0.717) is 24.6 Å². The van der Waals surface area contributed by atoms with Crippen molar-refractivity contribution in [1.29, 1.82) is 0 Å². The van der Waals surface area contributed by atoms with E-state index in [1.165, 1.54) is 6.07 Å². The van der Waals surface area contributed by atoms with Crippen molar-refractivity contribution in [2.75, 3.05) is 43.9 Å². The summed E-state index contributed by atoms with van der Waals surface area (Å²) in [7, 11) is -1.66. The van der Waals surface area contributed by atoms with Gasteiger partial charge in [-0.25, -0.2) is 17.1 Å². The van der Waals surface area contributed by atoms with E-state index in [-0.39, 0.29) is 48.6 Å². The SMILES string of the molecule is CN=C(NCCS(=O)(=O)N1CCSCC1)NCc1ccccc1F.I. The molecular weight excluding hydrogens is 478 g/mol. The number of benzene rings is 1. The number of rotatable bonds is 6. The Morgan fingerprint density at radius 1 is 1.28 bits per heavy atom. The van der Waals surface area contributed by atoms with Crippen molar-refractivity contribution in [2.24, 2.45) is 4.99 Å². The van der Waals surface area contributed by atoms with Crippen molar-refractivity contribution in [3.05, 3.63) is 35.6 Å². The van der Waals surface area contributed by atoms with Gasteiger partial charge in [-0.05, 0) is 6.07 Å². The number of nitrogens with zero attached hydrogens (tertiary/aromatic N) is 2. The van der Waals surface area contributed by atoms with E-state index in [1.54, 1.807) is 41.3 Å². The molecule has 1 fully saturated rings. The number of halogens is 2. The van der Waals surface area contributed by atoms with Crippen molar-refractivity contribution in [2.45, 2.75) is 6.54 Å². The molecule has 1 heterocycles. The molecule has 1 aliphatic heterocycles. The minimum Gasteiger partial charge on any atom is -0.355 e. The third-order valence-electron chi connectivity index (χ3n) is 3.64. The van der Waals surface area contributed by atoms with Crippen LogP contribution in [0.2, 0.25) is 0 Å². The number of guanidine groups is 1. The lowest BCUT2D eigenvalue weighted by Gasteiger charge is -2.25. The second kappa shape index (κ2) is 11.2. The molecule has 10 heteroatoms. The molecule has 1 aromatic carbocycles. The third-order valence-corrected chi connectivity index (χ3v) is 6.46. The van der Waals surface area contributed by atoms with Crippen LogP contribution in [0.1, 0.15) is 5.56 Å². The van der Waals surface area contributed by atoms with Gasteiger partial charge in [0.15, 0.2) is 5.96 Å². The summed E-state index contributed by atoms with van der Waals surface area (Å²) in [4.78, 5) is 4.03. The van der Waals surface area contributed by atoms with E-state index in [1.807, 2.05) is 0 Å². The minimum atomic E-state index is -3.25. The second-order valence-electron chi connectivity index (χ2n) is 5.27. The first-order chi connectivity index (χ1) is 11.5. The maximum Gasteiger partial charge on any atom is 0.215 e. The van der Waals surface area contributed by atoms with Gasteiger partial charge in [-0.1, -0.05) is 18.2 Å². The normalized spacial score (nSPS) is 16.2. The average Bonchev–Trinajstić information content (AvgIpc) is 2.60. The predicted octanol–water partition coefficient (Wildman–Crippen LogP) is 1.49. The maximum absolute atomic E-state index is 13.6. The quantitative estimate of drug-likeness (QED) is 0.351. The topological polar surface area (TPSA) is 73.8 Å². The molecule has 2 N–H and O–H groups in total. The summed E-state index contributed by atoms with van der Waals surface area (Å²) >= 11 is 1.77. The first kappa shape index (κ1) is 22.5. The van der Waals surface area contributed by atoms with Crippen LogP contribution in [0.15, 0.2) is 29.3 Å². The van der Waals surface area contributed by atoms with Crippen molar-refractivity contribution < 1.29 is 12.8 Å². The summed E-state index contributed by atoms with van der Waals surface area (Å²) in [5.74, 6) is 1.86. The minimum absolute atomic E-state index is 0. The van der Waals surface area contributed by atoms with Crippen LogP contribution >= 0.6 is 35.7 Å². The molecule has 0 unspecified atom stereocenters. The van der Waals surface area contributed by atoms with Crippen LogP contribution in [0.5, 0.6) is 0 Å². The molecule has 0 bridgehead atoms. The van der Waals surface area contributed by atoms with Crippen LogP contribution in [0.25, 0.3) is 0 Å². The van der Waals surface area contributed by atoms with E-state index in [2.05, 4.69) is 15.6 Å². The van der Waals surface area contributed by atoms with Gasteiger partial charge in [0.05, 0.1) is 5.75 Å². The lowest BCUT2D eigenvalue weighted by Crippen LogP contribution is -2.44.